The van der Waals surface area contributed by atoms with Gasteiger partial charge in [0.2, 0.25) is 0 Å². The SMILES string of the molecule is CC(C)C(N=C(c1ccccc1)c1ccccc1NC(=O)c1ccccn1)C(=O)O. The van der Waals surface area contributed by atoms with Crippen molar-refractivity contribution in [1.29, 1.82) is 0 Å². The first-order chi connectivity index (χ1) is 14.5. The Balaban J connectivity index is 2.09. The van der Waals surface area contributed by atoms with Crippen molar-refractivity contribution in [3.05, 3.63) is 95.8 Å². The van der Waals surface area contributed by atoms with Crippen molar-refractivity contribution in [2.24, 2.45) is 10.9 Å². The van der Waals surface area contributed by atoms with Gasteiger partial charge >= 0.3 is 5.97 Å². The van der Waals surface area contributed by atoms with Crippen LogP contribution < -0.4 is 5.32 Å². The molecule has 1 heterocycles. The third kappa shape index (κ3) is 4.97. The molecule has 3 rings (SSSR count). The molecule has 1 unspecified atom stereocenters. The zero-order valence-corrected chi connectivity index (χ0v) is 16.8. The number of carboxylic acid groups (broad SMARTS) is 1. The molecule has 0 fully saturated rings. The van der Waals surface area contributed by atoms with Crippen LogP contribution >= 0.6 is 0 Å². The van der Waals surface area contributed by atoms with Crippen LogP contribution in [0.4, 0.5) is 5.69 Å². The van der Waals surface area contributed by atoms with Gasteiger partial charge < -0.3 is 10.4 Å². The molecular formula is C24H23N3O3. The lowest BCUT2D eigenvalue weighted by atomic mass is 9.98. The van der Waals surface area contributed by atoms with E-state index in [2.05, 4.69) is 15.3 Å². The smallest absolute Gasteiger partial charge is 0.328 e. The van der Waals surface area contributed by atoms with Gasteiger partial charge in [-0.15, -0.1) is 0 Å². The van der Waals surface area contributed by atoms with Crippen molar-refractivity contribution < 1.29 is 14.7 Å². The maximum Gasteiger partial charge on any atom is 0.328 e. The van der Waals surface area contributed by atoms with Crippen molar-refractivity contribution in [3.8, 4) is 0 Å². The van der Waals surface area contributed by atoms with Crippen molar-refractivity contribution >= 4 is 23.3 Å². The fourth-order valence-corrected chi connectivity index (χ4v) is 3.01. The van der Waals surface area contributed by atoms with Crippen molar-refractivity contribution in [2.75, 3.05) is 5.32 Å². The molecule has 152 valence electrons. The Morgan fingerprint density at radius 1 is 0.933 bits per heavy atom. The number of carbonyl (C=O) groups excluding carboxylic acids is 1. The summed E-state index contributed by atoms with van der Waals surface area (Å²) in [5.74, 6) is -1.54. The Kier molecular flexibility index (Phi) is 6.70. The molecule has 0 radical (unpaired) electrons. The largest absolute Gasteiger partial charge is 0.480 e. The van der Waals surface area contributed by atoms with Crippen LogP contribution in [0.2, 0.25) is 0 Å². The lowest BCUT2D eigenvalue weighted by Gasteiger charge is -2.18. The van der Waals surface area contributed by atoms with Gasteiger partial charge in [0, 0.05) is 17.3 Å². The minimum Gasteiger partial charge on any atom is -0.480 e. The van der Waals surface area contributed by atoms with Gasteiger partial charge in [-0.1, -0.05) is 68.4 Å². The van der Waals surface area contributed by atoms with Gasteiger partial charge in [-0.05, 0) is 24.1 Å². The highest BCUT2D eigenvalue weighted by Gasteiger charge is 2.23. The van der Waals surface area contributed by atoms with Crippen LogP contribution in [0.5, 0.6) is 0 Å². The summed E-state index contributed by atoms with van der Waals surface area (Å²) in [6.07, 6.45) is 1.55. The number of amides is 1. The molecule has 0 saturated carbocycles. The maximum atomic E-state index is 12.7. The number of para-hydroxylation sites is 1. The predicted octanol–water partition coefficient (Wildman–Crippen LogP) is 4.28. The predicted molar refractivity (Wildman–Crippen MR) is 117 cm³/mol. The lowest BCUT2D eigenvalue weighted by Crippen LogP contribution is -2.26. The molecule has 2 N–H and O–H groups in total. The summed E-state index contributed by atoms with van der Waals surface area (Å²) in [6, 6.07) is 20.8. The number of benzene rings is 2. The highest BCUT2D eigenvalue weighted by atomic mass is 16.4. The number of nitrogens with one attached hydrogen (secondary N) is 1. The highest BCUT2D eigenvalue weighted by molar-refractivity contribution is 6.18. The Morgan fingerprint density at radius 2 is 1.60 bits per heavy atom. The van der Waals surface area contributed by atoms with E-state index < -0.39 is 12.0 Å². The molecule has 1 aromatic heterocycles. The topological polar surface area (TPSA) is 91.7 Å². The van der Waals surface area contributed by atoms with Gasteiger partial charge in [0.05, 0.1) is 11.4 Å². The van der Waals surface area contributed by atoms with Crippen LogP contribution in [-0.2, 0) is 4.79 Å². The number of aliphatic carboxylic acids is 1. The van der Waals surface area contributed by atoms with E-state index >= 15 is 0 Å². The first-order valence-electron chi connectivity index (χ1n) is 9.65. The molecule has 3 aromatic rings. The fourth-order valence-electron chi connectivity index (χ4n) is 3.01. The Hall–Kier alpha value is -3.80. The van der Waals surface area contributed by atoms with Gasteiger partial charge in [0.1, 0.15) is 11.7 Å². The summed E-state index contributed by atoms with van der Waals surface area (Å²) in [4.78, 5) is 33.1. The molecule has 1 amide bonds. The molecule has 0 aliphatic rings. The van der Waals surface area contributed by atoms with Gasteiger partial charge in [-0.2, -0.15) is 0 Å². The van der Waals surface area contributed by atoms with E-state index in [0.717, 1.165) is 5.56 Å². The molecule has 6 heteroatoms. The average molecular weight is 401 g/mol. The number of nitrogens with zero attached hydrogens (tertiary/aromatic N) is 2. The summed E-state index contributed by atoms with van der Waals surface area (Å²) in [5.41, 5.74) is 2.73. The summed E-state index contributed by atoms with van der Waals surface area (Å²) < 4.78 is 0. The molecular weight excluding hydrogens is 378 g/mol. The fraction of sp³-hybridized carbons (Fsp3) is 0.167. The van der Waals surface area contributed by atoms with Crippen molar-refractivity contribution in [1.82, 2.24) is 4.98 Å². The number of hydrogen-bond donors (Lipinski definition) is 2. The summed E-state index contributed by atoms with van der Waals surface area (Å²) in [7, 11) is 0. The molecule has 0 spiro atoms. The molecule has 0 saturated heterocycles. The first kappa shape index (κ1) is 20.9. The third-order valence-electron chi connectivity index (χ3n) is 4.53. The monoisotopic (exact) mass is 401 g/mol. The third-order valence-corrected chi connectivity index (χ3v) is 4.53. The summed E-state index contributed by atoms with van der Waals surface area (Å²) in [5, 5.41) is 12.5. The molecule has 6 nitrogen and oxygen atoms in total. The number of aromatic nitrogens is 1. The molecule has 1 atom stereocenters. The molecule has 30 heavy (non-hydrogen) atoms. The van der Waals surface area contributed by atoms with E-state index in [1.807, 2.05) is 56.3 Å². The second-order valence-corrected chi connectivity index (χ2v) is 7.09. The van der Waals surface area contributed by atoms with Gasteiger partial charge in [-0.3, -0.25) is 14.8 Å². The second kappa shape index (κ2) is 9.60. The van der Waals surface area contributed by atoms with Crippen molar-refractivity contribution in [2.45, 2.75) is 19.9 Å². The Bertz CT molecular complexity index is 1050. The average Bonchev–Trinajstić information content (AvgIpc) is 2.76. The highest BCUT2D eigenvalue weighted by Crippen LogP contribution is 2.23. The molecule has 2 aromatic carbocycles. The van der Waals surface area contributed by atoms with E-state index in [-0.39, 0.29) is 17.5 Å². The van der Waals surface area contributed by atoms with Crippen LogP contribution in [0, 0.1) is 5.92 Å². The van der Waals surface area contributed by atoms with E-state index in [4.69, 9.17) is 0 Å². The zero-order valence-electron chi connectivity index (χ0n) is 16.8. The van der Waals surface area contributed by atoms with Crippen molar-refractivity contribution in [3.63, 3.8) is 0 Å². The zero-order chi connectivity index (χ0) is 21.5. The second-order valence-electron chi connectivity index (χ2n) is 7.09. The standard InChI is InChI=1S/C24H23N3O3/c1-16(2)21(24(29)30)27-22(17-10-4-3-5-11-17)18-12-6-7-13-19(18)26-23(28)20-14-8-9-15-25-20/h3-16,21H,1-2H3,(H,26,28)(H,29,30). The van der Waals surface area contributed by atoms with Gasteiger partial charge in [0.25, 0.3) is 5.91 Å². The van der Waals surface area contributed by atoms with E-state index in [1.54, 1.807) is 36.5 Å². The Morgan fingerprint density at radius 3 is 2.23 bits per heavy atom. The molecule has 0 aliphatic carbocycles. The van der Waals surface area contributed by atoms with E-state index in [0.29, 0.717) is 17.0 Å². The minimum absolute atomic E-state index is 0.198. The van der Waals surface area contributed by atoms with Gasteiger partial charge in [-0.25, -0.2) is 4.79 Å². The molecule has 0 aliphatic heterocycles. The van der Waals surface area contributed by atoms with Gasteiger partial charge in [0.15, 0.2) is 0 Å². The summed E-state index contributed by atoms with van der Waals surface area (Å²) in [6.45, 7) is 3.64. The first-order valence-corrected chi connectivity index (χ1v) is 9.65. The number of anilines is 1. The Labute approximate surface area is 175 Å². The maximum absolute atomic E-state index is 12.7. The van der Waals surface area contributed by atoms with E-state index in [9.17, 15) is 14.7 Å². The number of carbonyl (C=O) groups is 2. The van der Waals surface area contributed by atoms with Crippen LogP contribution in [-0.4, -0.2) is 33.7 Å². The number of rotatable bonds is 7. The number of aliphatic imine (C=N–C) groups is 1. The summed E-state index contributed by atoms with van der Waals surface area (Å²) >= 11 is 0. The minimum atomic E-state index is -0.992. The van der Waals surface area contributed by atoms with Crippen LogP contribution in [0.25, 0.3) is 0 Å². The number of pyridine rings is 1. The van der Waals surface area contributed by atoms with Crippen LogP contribution in [0.15, 0.2) is 84.0 Å². The number of hydrogen-bond acceptors (Lipinski definition) is 4. The van der Waals surface area contributed by atoms with Crippen LogP contribution in [0.3, 0.4) is 0 Å². The quantitative estimate of drug-likeness (QED) is 0.578. The van der Waals surface area contributed by atoms with E-state index in [1.165, 1.54) is 0 Å². The lowest BCUT2D eigenvalue weighted by molar-refractivity contribution is -0.139. The molecule has 0 bridgehead atoms. The normalized spacial score (nSPS) is 12.4. The van der Waals surface area contributed by atoms with Crippen LogP contribution in [0.1, 0.15) is 35.5 Å². The number of carboxylic acids is 1.